The molecule has 1 atom stereocenters. The molecule has 0 aromatic rings. The van der Waals surface area contributed by atoms with Crippen molar-refractivity contribution >= 4 is 10.4 Å². The van der Waals surface area contributed by atoms with Crippen molar-refractivity contribution in [3.05, 3.63) is 19.6 Å². The second-order valence-electron chi connectivity index (χ2n) is 3.50. The van der Waals surface area contributed by atoms with Gasteiger partial charge in [-0.25, -0.2) is 0 Å². The summed E-state index contributed by atoms with van der Waals surface area (Å²) in [5, 5.41) is 3.34. The molecule has 0 bridgehead atoms. The van der Waals surface area contributed by atoms with Crippen LogP contribution in [0.2, 0.25) is 0 Å². The van der Waals surface area contributed by atoms with Gasteiger partial charge < -0.3 is 17.0 Å². The van der Waals surface area contributed by atoms with Crippen LogP contribution in [0.4, 0.5) is 0 Å². The maximum absolute atomic E-state index is 8.74. The Morgan fingerprint density at radius 2 is 1.95 bits per heavy atom. The standard InChI is InChI=1S/C9H17NO.C2H5.Na.H2O4S/c1-3-5-9(4-2)8-10-6-7-11-9;1-2;;1-5(2,3)4/h3,10H,1,4-8H2,2H3;1H2,2H3;;(H2,1,2,3,4)/q;-1;+1;. The minimum Gasteiger partial charge on any atom is -0.372 e. The van der Waals surface area contributed by atoms with E-state index < -0.39 is 10.4 Å². The zero-order chi connectivity index (χ0) is 14.7. The summed E-state index contributed by atoms with van der Waals surface area (Å²) < 4.78 is 37.3. The predicted octanol–water partition coefficient (Wildman–Crippen LogP) is -1.48. The van der Waals surface area contributed by atoms with Crippen LogP contribution in [0.5, 0.6) is 0 Å². The van der Waals surface area contributed by atoms with Crippen molar-refractivity contribution in [1.82, 2.24) is 5.32 Å². The maximum atomic E-state index is 8.74. The third-order valence-corrected chi connectivity index (χ3v) is 2.29. The van der Waals surface area contributed by atoms with Crippen molar-refractivity contribution in [1.29, 1.82) is 0 Å². The van der Waals surface area contributed by atoms with Crippen molar-refractivity contribution < 1.29 is 51.8 Å². The molecule has 0 aliphatic carbocycles. The predicted molar refractivity (Wildman–Crippen MR) is 71.9 cm³/mol. The molecule has 0 aromatic heterocycles. The second kappa shape index (κ2) is 13.5. The minimum atomic E-state index is -4.67. The number of rotatable bonds is 3. The summed E-state index contributed by atoms with van der Waals surface area (Å²) in [7, 11) is -4.67. The number of hydrogen-bond donors (Lipinski definition) is 3. The summed E-state index contributed by atoms with van der Waals surface area (Å²) >= 11 is 0. The minimum absolute atomic E-state index is 0. The number of ether oxygens (including phenoxy) is 1. The molecule has 0 aromatic carbocycles. The number of nitrogens with one attached hydrogen (secondary N) is 1. The van der Waals surface area contributed by atoms with Gasteiger partial charge >= 0.3 is 40.0 Å². The molecule has 8 heteroatoms. The topological polar surface area (TPSA) is 95.9 Å². The molecule has 0 spiro atoms. The van der Waals surface area contributed by atoms with Gasteiger partial charge in [-0.2, -0.15) is 15.3 Å². The maximum Gasteiger partial charge on any atom is 1.00 e. The molecule has 1 saturated heterocycles. The fraction of sp³-hybridized carbons (Fsp3) is 0.727. The van der Waals surface area contributed by atoms with E-state index in [0.29, 0.717) is 0 Å². The summed E-state index contributed by atoms with van der Waals surface area (Å²) in [5.74, 6) is 0. The Morgan fingerprint density at radius 3 is 2.21 bits per heavy atom. The first kappa shape index (κ1) is 24.5. The Bertz CT molecular complexity index is 294. The summed E-state index contributed by atoms with van der Waals surface area (Å²) in [5.41, 5.74) is 0.0417. The van der Waals surface area contributed by atoms with E-state index in [4.69, 9.17) is 22.3 Å². The van der Waals surface area contributed by atoms with Crippen LogP contribution in [0, 0.1) is 6.92 Å². The Balaban J connectivity index is -0.000000275. The van der Waals surface area contributed by atoms with Crippen molar-refractivity contribution in [3.63, 3.8) is 0 Å². The van der Waals surface area contributed by atoms with Gasteiger partial charge in [0, 0.05) is 13.1 Å². The molecule has 3 N–H and O–H groups in total. The normalized spacial score (nSPS) is 21.7. The third kappa shape index (κ3) is 16.5. The molecule has 1 aliphatic heterocycles. The first-order valence-electron chi connectivity index (χ1n) is 5.69. The van der Waals surface area contributed by atoms with E-state index in [2.05, 4.69) is 25.7 Å². The fourth-order valence-corrected chi connectivity index (χ4v) is 1.47. The van der Waals surface area contributed by atoms with Gasteiger partial charge in [0.15, 0.2) is 0 Å². The average molecular weight is 305 g/mol. The molecule has 0 saturated carbocycles. The summed E-state index contributed by atoms with van der Waals surface area (Å²) in [6.45, 7) is 13.7. The van der Waals surface area contributed by atoms with E-state index in [1.165, 1.54) is 0 Å². The van der Waals surface area contributed by atoms with Gasteiger partial charge in [-0.1, -0.05) is 13.0 Å². The first-order chi connectivity index (χ1) is 8.33. The third-order valence-electron chi connectivity index (χ3n) is 2.29. The SMILES string of the molecule is C=CCC1(CC)CNCCO1.O=S(=O)(O)O.[CH2-]C.[Na+]. The molecular weight excluding hydrogens is 281 g/mol. The number of morpholine rings is 1. The van der Waals surface area contributed by atoms with E-state index >= 15 is 0 Å². The summed E-state index contributed by atoms with van der Waals surface area (Å²) in [6.07, 6.45) is 3.96. The van der Waals surface area contributed by atoms with Gasteiger partial charge in [0.25, 0.3) is 0 Å². The second-order valence-corrected chi connectivity index (χ2v) is 4.40. The van der Waals surface area contributed by atoms with Crippen LogP contribution in [0.15, 0.2) is 12.7 Å². The summed E-state index contributed by atoms with van der Waals surface area (Å²) in [4.78, 5) is 0. The van der Waals surface area contributed by atoms with Crippen LogP contribution in [0.25, 0.3) is 0 Å². The van der Waals surface area contributed by atoms with Gasteiger partial charge in [-0.05, 0) is 12.8 Å². The van der Waals surface area contributed by atoms with Gasteiger partial charge in [0.05, 0.1) is 12.2 Å². The monoisotopic (exact) mass is 305 g/mol. The average Bonchev–Trinajstić information content (AvgIpc) is 2.31. The van der Waals surface area contributed by atoms with E-state index in [0.717, 1.165) is 32.5 Å². The quantitative estimate of drug-likeness (QED) is 0.255. The summed E-state index contributed by atoms with van der Waals surface area (Å²) in [6, 6.07) is 0. The molecule has 1 rings (SSSR count). The number of hydrogen-bond acceptors (Lipinski definition) is 4. The largest absolute Gasteiger partial charge is 1.00 e. The van der Waals surface area contributed by atoms with E-state index in [1.807, 2.05) is 6.08 Å². The van der Waals surface area contributed by atoms with Crippen molar-refractivity contribution in [2.75, 3.05) is 19.7 Å². The van der Waals surface area contributed by atoms with Crippen LogP contribution in [-0.4, -0.2) is 42.8 Å². The van der Waals surface area contributed by atoms with E-state index in [1.54, 1.807) is 6.92 Å². The van der Waals surface area contributed by atoms with Crippen LogP contribution in [-0.2, 0) is 15.1 Å². The van der Waals surface area contributed by atoms with E-state index in [9.17, 15) is 0 Å². The molecule has 6 nitrogen and oxygen atoms in total. The molecule has 110 valence electrons. The molecule has 1 fully saturated rings. The molecule has 0 radical (unpaired) electrons. The van der Waals surface area contributed by atoms with Gasteiger partial charge in [-0.3, -0.25) is 9.11 Å². The zero-order valence-electron chi connectivity index (χ0n) is 12.1. The molecule has 1 unspecified atom stereocenters. The molecule has 0 amide bonds. The Hall–Kier alpha value is 0.530. The van der Waals surface area contributed by atoms with Crippen LogP contribution < -0.4 is 34.9 Å². The molecule has 1 aliphatic rings. The van der Waals surface area contributed by atoms with Crippen molar-refractivity contribution in [2.45, 2.75) is 32.3 Å². The van der Waals surface area contributed by atoms with Crippen LogP contribution in [0.1, 0.15) is 26.7 Å². The fourth-order valence-electron chi connectivity index (χ4n) is 1.47. The zero-order valence-corrected chi connectivity index (χ0v) is 14.9. The van der Waals surface area contributed by atoms with Crippen LogP contribution in [0.3, 0.4) is 0 Å². The Kier molecular flexibility index (Phi) is 17.5. The van der Waals surface area contributed by atoms with Crippen LogP contribution >= 0.6 is 0 Å². The molecular formula is C11H24NNaO5S. The Labute approximate surface area is 138 Å². The van der Waals surface area contributed by atoms with E-state index in [-0.39, 0.29) is 35.2 Å². The first-order valence-corrected chi connectivity index (χ1v) is 7.09. The van der Waals surface area contributed by atoms with Gasteiger partial charge in [0.1, 0.15) is 0 Å². The smallest absolute Gasteiger partial charge is 0.372 e. The van der Waals surface area contributed by atoms with Crippen molar-refractivity contribution in [2.24, 2.45) is 0 Å². The van der Waals surface area contributed by atoms with Crippen molar-refractivity contribution in [3.8, 4) is 0 Å². The van der Waals surface area contributed by atoms with Gasteiger partial charge in [-0.15, -0.1) is 6.58 Å². The Morgan fingerprint density at radius 1 is 1.47 bits per heavy atom. The van der Waals surface area contributed by atoms with Gasteiger partial charge in [0.2, 0.25) is 0 Å². The molecule has 1 heterocycles. The molecule has 19 heavy (non-hydrogen) atoms.